The minimum Gasteiger partial charge on any atom is -0.252 e. The third kappa shape index (κ3) is 5.42. The Labute approximate surface area is 149 Å². The molecule has 0 spiro atoms. The van der Waals surface area contributed by atoms with Gasteiger partial charge in [-0.2, -0.15) is 5.10 Å². The maximum absolute atomic E-state index is 6.35. The molecule has 1 rings (SSSR count). The van der Waals surface area contributed by atoms with Crippen molar-refractivity contribution in [3.05, 3.63) is 14.4 Å². The zero-order valence-corrected chi connectivity index (χ0v) is 16.9. The van der Waals surface area contributed by atoms with E-state index in [1.165, 1.54) is 57.8 Å². The first-order valence-electron chi connectivity index (χ1n) is 8.37. The maximum Gasteiger partial charge on any atom is 0.118 e. The summed E-state index contributed by atoms with van der Waals surface area (Å²) in [5.41, 5.74) is 1.06. The molecule has 0 N–H and O–H groups in total. The van der Waals surface area contributed by atoms with E-state index in [9.17, 15) is 0 Å². The monoisotopic (exact) mass is 424 g/mol. The summed E-state index contributed by atoms with van der Waals surface area (Å²) in [6, 6.07) is 0. The lowest BCUT2D eigenvalue weighted by molar-refractivity contribution is 0.223. The summed E-state index contributed by atoms with van der Waals surface area (Å²) >= 11 is 8.70. The van der Waals surface area contributed by atoms with Crippen LogP contribution in [0, 0.1) is 10.6 Å². The molecule has 1 aromatic rings. The zero-order chi connectivity index (χ0) is 15.9. The molecule has 0 bridgehead atoms. The van der Waals surface area contributed by atoms with Crippen LogP contribution in [-0.2, 0) is 5.54 Å². The summed E-state index contributed by atoms with van der Waals surface area (Å²) in [6.45, 7) is 8.88. The molecule has 1 unspecified atom stereocenters. The third-order valence-electron chi connectivity index (χ3n) is 4.33. The van der Waals surface area contributed by atoms with E-state index >= 15 is 0 Å². The summed E-state index contributed by atoms with van der Waals surface area (Å²) in [7, 11) is 0. The van der Waals surface area contributed by atoms with Crippen molar-refractivity contribution in [1.29, 1.82) is 0 Å². The van der Waals surface area contributed by atoms with Gasteiger partial charge in [-0.15, -0.1) is 0 Å². The maximum atomic E-state index is 6.35. The van der Waals surface area contributed by atoms with Crippen LogP contribution in [0.15, 0.2) is 0 Å². The Morgan fingerprint density at radius 3 is 2.14 bits per heavy atom. The predicted molar refractivity (Wildman–Crippen MR) is 101 cm³/mol. The first-order chi connectivity index (χ1) is 9.96. The molecule has 4 heteroatoms. The van der Waals surface area contributed by atoms with Crippen molar-refractivity contribution < 1.29 is 0 Å². The van der Waals surface area contributed by atoms with Gasteiger partial charge in [0.25, 0.3) is 0 Å². The van der Waals surface area contributed by atoms with Crippen molar-refractivity contribution in [3.63, 3.8) is 0 Å². The van der Waals surface area contributed by atoms with Gasteiger partial charge in [-0.3, -0.25) is 4.68 Å². The second-order valence-electron chi connectivity index (χ2n) is 6.37. The number of nitrogens with zero attached hydrogens (tertiary/aromatic N) is 2. The van der Waals surface area contributed by atoms with Crippen LogP contribution in [0.2, 0.25) is 5.02 Å². The van der Waals surface area contributed by atoms with Crippen LogP contribution in [-0.4, -0.2) is 9.78 Å². The van der Waals surface area contributed by atoms with E-state index in [0.29, 0.717) is 0 Å². The first kappa shape index (κ1) is 19.3. The summed E-state index contributed by atoms with van der Waals surface area (Å²) in [6.07, 6.45) is 11.5. The largest absolute Gasteiger partial charge is 0.252 e. The molecule has 2 nitrogen and oxygen atoms in total. The molecule has 1 atom stereocenters. The minimum absolute atomic E-state index is 0.108. The molecule has 0 aliphatic carbocycles. The topological polar surface area (TPSA) is 17.8 Å². The van der Waals surface area contributed by atoms with Gasteiger partial charge in [0, 0.05) is 0 Å². The van der Waals surface area contributed by atoms with E-state index in [1.807, 2.05) is 6.92 Å². The Morgan fingerprint density at radius 2 is 1.62 bits per heavy atom. The van der Waals surface area contributed by atoms with Crippen LogP contribution in [0.25, 0.3) is 0 Å². The molecule has 0 aliphatic rings. The van der Waals surface area contributed by atoms with Crippen molar-refractivity contribution in [2.75, 3.05) is 0 Å². The fourth-order valence-electron chi connectivity index (χ4n) is 2.84. The third-order valence-corrected chi connectivity index (χ3v) is 6.10. The van der Waals surface area contributed by atoms with E-state index in [1.54, 1.807) is 0 Å². The lowest BCUT2D eigenvalue weighted by Crippen LogP contribution is -2.32. The smallest absolute Gasteiger partial charge is 0.118 e. The first-order valence-corrected chi connectivity index (χ1v) is 9.83. The van der Waals surface area contributed by atoms with Gasteiger partial charge < -0.3 is 0 Å². The quantitative estimate of drug-likeness (QED) is 0.301. The highest BCUT2D eigenvalue weighted by Gasteiger charge is 2.29. The van der Waals surface area contributed by atoms with Gasteiger partial charge in [0.05, 0.1) is 16.3 Å². The van der Waals surface area contributed by atoms with Crippen LogP contribution in [0.5, 0.6) is 0 Å². The number of hydrogen-bond acceptors (Lipinski definition) is 1. The molecule has 0 fully saturated rings. The van der Waals surface area contributed by atoms with Gasteiger partial charge in [-0.05, 0) is 49.3 Å². The normalized spacial score (nSPS) is 14.4. The highest BCUT2D eigenvalue weighted by atomic mass is 127. The Bertz CT molecular complexity index is 431. The van der Waals surface area contributed by atoms with Crippen molar-refractivity contribution >= 4 is 34.2 Å². The Hall–Kier alpha value is 0.230. The zero-order valence-electron chi connectivity index (χ0n) is 14.0. The molecular formula is C17H30ClIN2. The Kier molecular flexibility index (Phi) is 8.62. The summed E-state index contributed by atoms with van der Waals surface area (Å²) in [4.78, 5) is 0. The van der Waals surface area contributed by atoms with E-state index in [-0.39, 0.29) is 5.54 Å². The lowest BCUT2D eigenvalue weighted by atomic mass is 9.89. The number of aromatic nitrogens is 2. The predicted octanol–water partition coefficient (Wildman–Crippen LogP) is 6.72. The average molecular weight is 425 g/mol. The van der Waals surface area contributed by atoms with Crippen LogP contribution >= 0.6 is 34.2 Å². The highest BCUT2D eigenvalue weighted by molar-refractivity contribution is 14.1. The van der Waals surface area contributed by atoms with Gasteiger partial charge in [0.2, 0.25) is 0 Å². The molecule has 0 radical (unpaired) electrons. The van der Waals surface area contributed by atoms with Gasteiger partial charge in [0.1, 0.15) is 3.70 Å². The lowest BCUT2D eigenvalue weighted by Gasteiger charge is -2.31. The molecule has 0 amide bonds. The van der Waals surface area contributed by atoms with E-state index in [0.717, 1.165) is 14.4 Å². The molecule has 1 aromatic heterocycles. The van der Waals surface area contributed by atoms with Crippen LogP contribution in [0.1, 0.15) is 84.3 Å². The fourth-order valence-corrected chi connectivity index (χ4v) is 4.04. The molecule has 0 aromatic carbocycles. The summed E-state index contributed by atoms with van der Waals surface area (Å²) in [5, 5.41) is 5.55. The Morgan fingerprint density at radius 1 is 1.05 bits per heavy atom. The van der Waals surface area contributed by atoms with Crippen molar-refractivity contribution in [2.24, 2.45) is 0 Å². The number of hydrogen-bond donors (Lipinski definition) is 0. The molecule has 0 aliphatic heterocycles. The van der Waals surface area contributed by atoms with Crippen molar-refractivity contribution in [1.82, 2.24) is 9.78 Å². The molecule has 0 saturated heterocycles. The summed E-state index contributed by atoms with van der Waals surface area (Å²) < 4.78 is 3.29. The highest BCUT2D eigenvalue weighted by Crippen LogP contribution is 2.34. The van der Waals surface area contributed by atoms with Gasteiger partial charge >= 0.3 is 0 Å². The molecule has 0 saturated carbocycles. The molecular weight excluding hydrogens is 395 g/mol. The van der Waals surface area contributed by atoms with E-state index in [2.05, 4.69) is 48.0 Å². The number of unbranched alkanes of at least 4 members (excludes halogenated alkanes) is 5. The fraction of sp³-hybridized carbons (Fsp3) is 0.824. The molecule has 21 heavy (non-hydrogen) atoms. The second kappa shape index (κ2) is 9.39. The summed E-state index contributed by atoms with van der Waals surface area (Å²) in [5.74, 6) is 0. The van der Waals surface area contributed by atoms with Crippen molar-refractivity contribution in [3.8, 4) is 0 Å². The number of rotatable bonds is 10. The number of aryl methyl sites for hydroxylation is 1. The van der Waals surface area contributed by atoms with Gasteiger partial charge in [-0.25, -0.2) is 0 Å². The average Bonchev–Trinajstić information content (AvgIpc) is 2.73. The Balaban J connectivity index is 2.79. The molecule has 122 valence electrons. The van der Waals surface area contributed by atoms with Crippen LogP contribution < -0.4 is 0 Å². The van der Waals surface area contributed by atoms with E-state index < -0.39 is 0 Å². The van der Waals surface area contributed by atoms with Gasteiger partial charge in [-0.1, -0.05) is 70.4 Å². The van der Waals surface area contributed by atoms with Gasteiger partial charge in [0.15, 0.2) is 0 Å². The van der Waals surface area contributed by atoms with Crippen LogP contribution in [0.4, 0.5) is 0 Å². The number of halogens is 2. The van der Waals surface area contributed by atoms with Crippen molar-refractivity contribution in [2.45, 2.75) is 91.0 Å². The van der Waals surface area contributed by atoms with Crippen LogP contribution in [0.3, 0.4) is 0 Å². The standard InChI is InChI=1S/C17H30ClIN2/c1-5-7-9-10-11-13-17(4,12-8-6-2)21-16(19)15(18)14(3)20-21/h5-13H2,1-4H3. The molecule has 1 heterocycles. The minimum atomic E-state index is 0.108. The SMILES string of the molecule is CCCCCCCC(C)(CCCC)n1nc(C)c(Cl)c1I. The van der Waals surface area contributed by atoms with E-state index in [4.69, 9.17) is 16.7 Å². The second-order valence-corrected chi connectivity index (χ2v) is 7.77.